The molecule has 2 atom stereocenters. The molecule has 4 nitrogen and oxygen atoms in total. The van der Waals surface area contributed by atoms with Gasteiger partial charge in [-0.15, -0.1) is 0 Å². The third-order valence-electron chi connectivity index (χ3n) is 3.19. The summed E-state index contributed by atoms with van der Waals surface area (Å²) in [5, 5.41) is 3.19. The molecule has 0 radical (unpaired) electrons. The van der Waals surface area contributed by atoms with Crippen LogP contribution in [0.25, 0.3) is 0 Å². The number of ether oxygens (including phenoxy) is 1. The Bertz CT molecular complexity index is 281. The average Bonchev–Trinajstić information content (AvgIpc) is 2.24. The predicted molar refractivity (Wildman–Crippen MR) is 76.7 cm³/mol. The number of hydrogen-bond acceptors (Lipinski definition) is 2. The molecule has 1 heterocycles. The molecule has 106 valence electrons. The van der Waals surface area contributed by atoms with Gasteiger partial charge in [-0.05, 0) is 45.4 Å². The van der Waals surface area contributed by atoms with Gasteiger partial charge >= 0.3 is 0 Å². The van der Waals surface area contributed by atoms with Crippen molar-refractivity contribution in [3.05, 3.63) is 0 Å². The molecule has 18 heavy (non-hydrogen) atoms. The summed E-state index contributed by atoms with van der Waals surface area (Å²) >= 11 is 0. The molecule has 2 unspecified atom stereocenters. The lowest BCUT2D eigenvalue weighted by atomic mass is 9.90. The molecular weight excluding hydrogens is 226 g/mol. The van der Waals surface area contributed by atoms with Gasteiger partial charge in [0, 0.05) is 18.7 Å². The van der Waals surface area contributed by atoms with Crippen LogP contribution in [0.4, 0.5) is 0 Å². The van der Waals surface area contributed by atoms with Crippen LogP contribution in [-0.4, -0.2) is 30.8 Å². The van der Waals surface area contributed by atoms with Crippen molar-refractivity contribution in [3.8, 4) is 0 Å². The van der Waals surface area contributed by atoms with Crippen molar-refractivity contribution in [2.75, 3.05) is 13.2 Å². The Morgan fingerprint density at radius 2 is 2.11 bits per heavy atom. The number of nitrogens with zero attached hydrogens (tertiary/aromatic N) is 1. The zero-order valence-electron chi connectivity index (χ0n) is 12.5. The SMILES string of the molecule is CC(C)C1CC(CN=C(N)NC(C)(C)C)CCO1. The van der Waals surface area contributed by atoms with Crippen LogP contribution in [0.2, 0.25) is 0 Å². The highest BCUT2D eigenvalue weighted by atomic mass is 16.5. The fourth-order valence-corrected chi connectivity index (χ4v) is 2.18. The predicted octanol–water partition coefficient (Wildman–Crippen LogP) is 2.14. The first kappa shape index (κ1) is 15.3. The van der Waals surface area contributed by atoms with Gasteiger partial charge in [-0.25, -0.2) is 0 Å². The highest BCUT2D eigenvalue weighted by Crippen LogP contribution is 2.25. The normalized spacial score (nSPS) is 26.4. The molecule has 0 aliphatic carbocycles. The van der Waals surface area contributed by atoms with Crippen LogP contribution in [0.1, 0.15) is 47.5 Å². The molecule has 0 spiro atoms. The third kappa shape index (κ3) is 5.71. The Labute approximate surface area is 111 Å². The van der Waals surface area contributed by atoms with Gasteiger partial charge in [-0.2, -0.15) is 0 Å². The number of nitrogens with one attached hydrogen (secondary N) is 1. The average molecular weight is 255 g/mol. The Morgan fingerprint density at radius 1 is 1.44 bits per heavy atom. The number of nitrogens with two attached hydrogens (primary N) is 1. The van der Waals surface area contributed by atoms with Crippen LogP contribution in [-0.2, 0) is 4.74 Å². The Kier molecular flexibility index (Phi) is 5.45. The fourth-order valence-electron chi connectivity index (χ4n) is 2.18. The second-order valence-corrected chi connectivity index (χ2v) is 6.64. The topological polar surface area (TPSA) is 59.6 Å². The standard InChI is InChI=1S/C14H29N3O/c1-10(2)12-8-11(6-7-18-12)9-16-13(15)17-14(3,4)5/h10-12H,6-9H2,1-5H3,(H3,15,16,17). The van der Waals surface area contributed by atoms with Crippen LogP contribution in [0.3, 0.4) is 0 Å². The summed E-state index contributed by atoms with van der Waals surface area (Å²) < 4.78 is 5.76. The van der Waals surface area contributed by atoms with Crippen molar-refractivity contribution in [1.29, 1.82) is 0 Å². The molecule has 4 heteroatoms. The van der Waals surface area contributed by atoms with Crippen LogP contribution in [0, 0.1) is 11.8 Å². The highest BCUT2D eigenvalue weighted by molar-refractivity contribution is 5.78. The van der Waals surface area contributed by atoms with Crippen molar-refractivity contribution in [2.45, 2.75) is 59.1 Å². The van der Waals surface area contributed by atoms with Crippen LogP contribution in [0.15, 0.2) is 4.99 Å². The van der Waals surface area contributed by atoms with E-state index in [0.717, 1.165) is 26.0 Å². The number of hydrogen-bond donors (Lipinski definition) is 2. The molecule has 1 fully saturated rings. The second kappa shape index (κ2) is 6.41. The first-order valence-corrected chi connectivity index (χ1v) is 6.97. The summed E-state index contributed by atoms with van der Waals surface area (Å²) in [6.45, 7) is 12.3. The third-order valence-corrected chi connectivity index (χ3v) is 3.19. The molecule has 3 N–H and O–H groups in total. The van der Waals surface area contributed by atoms with E-state index in [1.807, 2.05) is 0 Å². The van der Waals surface area contributed by atoms with E-state index >= 15 is 0 Å². The van der Waals surface area contributed by atoms with E-state index in [1.165, 1.54) is 0 Å². The van der Waals surface area contributed by atoms with E-state index in [9.17, 15) is 0 Å². The first-order valence-electron chi connectivity index (χ1n) is 6.97. The summed E-state index contributed by atoms with van der Waals surface area (Å²) in [6.07, 6.45) is 2.58. The second-order valence-electron chi connectivity index (χ2n) is 6.64. The van der Waals surface area contributed by atoms with Crippen molar-refractivity contribution in [1.82, 2.24) is 5.32 Å². The number of aliphatic imine (C=N–C) groups is 1. The van der Waals surface area contributed by atoms with Crippen LogP contribution in [0.5, 0.6) is 0 Å². The summed E-state index contributed by atoms with van der Waals surface area (Å²) in [4.78, 5) is 4.45. The monoisotopic (exact) mass is 255 g/mol. The lowest BCUT2D eigenvalue weighted by Crippen LogP contribution is -2.45. The van der Waals surface area contributed by atoms with Gasteiger partial charge in [0.15, 0.2) is 5.96 Å². The van der Waals surface area contributed by atoms with E-state index in [-0.39, 0.29) is 5.54 Å². The summed E-state index contributed by atoms with van der Waals surface area (Å²) in [5.41, 5.74) is 5.86. The van der Waals surface area contributed by atoms with Crippen molar-refractivity contribution < 1.29 is 4.74 Å². The molecule has 0 bridgehead atoms. The lowest BCUT2D eigenvalue weighted by molar-refractivity contribution is -0.0321. The van der Waals surface area contributed by atoms with Gasteiger partial charge in [0.1, 0.15) is 0 Å². The van der Waals surface area contributed by atoms with Crippen molar-refractivity contribution in [2.24, 2.45) is 22.6 Å². The molecule has 0 aromatic rings. The molecular formula is C14H29N3O. The smallest absolute Gasteiger partial charge is 0.188 e. The molecule has 1 aliphatic rings. The van der Waals surface area contributed by atoms with Gasteiger partial charge in [-0.3, -0.25) is 4.99 Å². The molecule has 0 saturated carbocycles. The van der Waals surface area contributed by atoms with E-state index in [4.69, 9.17) is 10.5 Å². The molecule has 1 aliphatic heterocycles. The van der Waals surface area contributed by atoms with Gasteiger partial charge in [0.05, 0.1) is 6.10 Å². The molecule has 0 amide bonds. The maximum Gasteiger partial charge on any atom is 0.188 e. The lowest BCUT2D eigenvalue weighted by Gasteiger charge is -2.31. The Hall–Kier alpha value is -0.770. The Morgan fingerprint density at radius 3 is 2.67 bits per heavy atom. The maximum atomic E-state index is 5.88. The van der Waals surface area contributed by atoms with Gasteiger partial charge < -0.3 is 15.8 Å². The zero-order chi connectivity index (χ0) is 13.8. The molecule has 0 aromatic heterocycles. The van der Waals surface area contributed by atoms with Gasteiger partial charge in [-0.1, -0.05) is 13.8 Å². The minimum absolute atomic E-state index is 0.0241. The molecule has 1 saturated heterocycles. The van der Waals surface area contributed by atoms with Gasteiger partial charge in [0.25, 0.3) is 0 Å². The Balaban J connectivity index is 2.40. The van der Waals surface area contributed by atoms with E-state index < -0.39 is 0 Å². The van der Waals surface area contributed by atoms with E-state index in [1.54, 1.807) is 0 Å². The molecule has 1 rings (SSSR count). The zero-order valence-corrected chi connectivity index (χ0v) is 12.5. The fraction of sp³-hybridized carbons (Fsp3) is 0.929. The van der Waals surface area contributed by atoms with E-state index in [0.29, 0.717) is 23.9 Å². The van der Waals surface area contributed by atoms with Gasteiger partial charge in [0.2, 0.25) is 0 Å². The van der Waals surface area contributed by atoms with Crippen molar-refractivity contribution >= 4 is 5.96 Å². The summed E-state index contributed by atoms with van der Waals surface area (Å²) in [7, 11) is 0. The quantitative estimate of drug-likeness (QED) is 0.600. The molecule has 0 aromatic carbocycles. The largest absolute Gasteiger partial charge is 0.378 e. The number of guanidine groups is 1. The minimum atomic E-state index is -0.0241. The van der Waals surface area contributed by atoms with Crippen molar-refractivity contribution in [3.63, 3.8) is 0 Å². The summed E-state index contributed by atoms with van der Waals surface area (Å²) in [6, 6.07) is 0. The summed E-state index contributed by atoms with van der Waals surface area (Å²) in [5.74, 6) is 1.74. The number of rotatable bonds is 3. The highest BCUT2D eigenvalue weighted by Gasteiger charge is 2.24. The minimum Gasteiger partial charge on any atom is -0.378 e. The van der Waals surface area contributed by atoms with Crippen LogP contribution < -0.4 is 11.1 Å². The maximum absolute atomic E-state index is 5.88. The van der Waals surface area contributed by atoms with Crippen LogP contribution >= 0.6 is 0 Å². The van der Waals surface area contributed by atoms with E-state index in [2.05, 4.69) is 44.9 Å². The first-order chi connectivity index (χ1) is 8.28.